The second-order valence-electron chi connectivity index (χ2n) is 6.23. The van der Waals surface area contributed by atoms with Gasteiger partial charge in [0.15, 0.2) is 0 Å². The normalized spacial score (nSPS) is 15.2. The number of halogens is 3. The molecule has 1 heterocycles. The molecule has 1 aliphatic heterocycles. The molecule has 0 radical (unpaired) electrons. The smallest absolute Gasteiger partial charge is 0.257 e. The minimum atomic E-state index is -0.280. The Morgan fingerprint density at radius 2 is 1.88 bits per heavy atom. The van der Waals surface area contributed by atoms with Gasteiger partial charge in [0.1, 0.15) is 11.9 Å². The fraction of sp³-hybridized carbons (Fsp3) is 0.316. The Morgan fingerprint density at radius 1 is 1.15 bits per heavy atom. The van der Waals surface area contributed by atoms with Crippen LogP contribution in [0.4, 0.5) is 5.69 Å². The van der Waals surface area contributed by atoms with Gasteiger partial charge in [-0.05, 0) is 50.2 Å². The summed E-state index contributed by atoms with van der Waals surface area (Å²) in [7, 11) is 2.12. The van der Waals surface area contributed by atoms with E-state index in [9.17, 15) is 4.79 Å². The maximum atomic E-state index is 12.4. The molecule has 1 amide bonds. The predicted molar refractivity (Wildman–Crippen MR) is 109 cm³/mol. The van der Waals surface area contributed by atoms with Crippen molar-refractivity contribution in [2.45, 2.75) is 18.9 Å². The largest absolute Gasteiger partial charge is 0.490 e. The molecule has 0 atom stereocenters. The van der Waals surface area contributed by atoms with Crippen LogP contribution in [0.5, 0.6) is 5.75 Å². The van der Waals surface area contributed by atoms with E-state index in [1.807, 2.05) is 24.3 Å². The van der Waals surface area contributed by atoms with Crippen molar-refractivity contribution in [1.29, 1.82) is 0 Å². The van der Waals surface area contributed by atoms with Gasteiger partial charge in [0.25, 0.3) is 5.91 Å². The van der Waals surface area contributed by atoms with Gasteiger partial charge in [0, 0.05) is 29.9 Å². The van der Waals surface area contributed by atoms with Crippen molar-refractivity contribution in [3.63, 3.8) is 0 Å². The van der Waals surface area contributed by atoms with Crippen molar-refractivity contribution in [1.82, 2.24) is 4.90 Å². The number of carbonyl (C=O) groups is 1. The zero-order chi connectivity index (χ0) is 17.8. The molecule has 0 saturated carbocycles. The number of ether oxygens (including phenoxy) is 1. The highest BCUT2D eigenvalue weighted by atomic mass is 35.5. The molecule has 1 N–H and O–H groups in total. The summed E-state index contributed by atoms with van der Waals surface area (Å²) in [5.74, 6) is 0.479. The number of anilines is 1. The van der Waals surface area contributed by atoms with Crippen LogP contribution >= 0.6 is 35.6 Å². The van der Waals surface area contributed by atoms with Gasteiger partial charge in [-0.15, -0.1) is 12.4 Å². The van der Waals surface area contributed by atoms with Gasteiger partial charge < -0.3 is 15.0 Å². The highest BCUT2D eigenvalue weighted by Crippen LogP contribution is 2.24. The Kier molecular flexibility index (Phi) is 7.59. The number of hydrogen-bond acceptors (Lipinski definition) is 3. The SMILES string of the molecule is CN1CCC(Oc2cccc(NC(=O)c3ccc(Cl)cc3Cl)c2)CC1.Cl. The molecule has 0 unspecified atom stereocenters. The predicted octanol–water partition coefficient (Wildman–Crippen LogP) is 5.14. The van der Waals surface area contributed by atoms with E-state index in [1.165, 1.54) is 0 Å². The number of amides is 1. The van der Waals surface area contributed by atoms with Gasteiger partial charge in [-0.1, -0.05) is 29.3 Å². The van der Waals surface area contributed by atoms with Crippen LogP contribution < -0.4 is 10.1 Å². The van der Waals surface area contributed by atoms with Crippen LogP contribution in [0.25, 0.3) is 0 Å². The zero-order valence-corrected chi connectivity index (χ0v) is 16.7. The Hall–Kier alpha value is -1.46. The van der Waals surface area contributed by atoms with Crippen molar-refractivity contribution in [2.24, 2.45) is 0 Å². The van der Waals surface area contributed by atoms with Gasteiger partial charge in [0.2, 0.25) is 0 Å². The van der Waals surface area contributed by atoms with Gasteiger partial charge in [-0.3, -0.25) is 4.79 Å². The molecule has 2 aromatic carbocycles. The van der Waals surface area contributed by atoms with E-state index in [-0.39, 0.29) is 24.4 Å². The van der Waals surface area contributed by atoms with Crippen molar-refractivity contribution < 1.29 is 9.53 Å². The van der Waals surface area contributed by atoms with E-state index in [1.54, 1.807) is 18.2 Å². The quantitative estimate of drug-likeness (QED) is 0.751. The molecule has 1 saturated heterocycles. The Morgan fingerprint density at radius 3 is 2.58 bits per heavy atom. The third-order valence-electron chi connectivity index (χ3n) is 4.24. The van der Waals surface area contributed by atoms with E-state index in [0.29, 0.717) is 21.3 Å². The average molecular weight is 416 g/mol. The molecule has 1 aliphatic rings. The van der Waals surface area contributed by atoms with E-state index < -0.39 is 0 Å². The Bertz CT molecular complexity index is 762. The van der Waals surface area contributed by atoms with Crippen LogP contribution in [0, 0.1) is 0 Å². The summed E-state index contributed by atoms with van der Waals surface area (Å²) in [4.78, 5) is 14.7. The van der Waals surface area contributed by atoms with E-state index >= 15 is 0 Å². The minimum Gasteiger partial charge on any atom is -0.490 e. The number of carbonyl (C=O) groups excluding carboxylic acids is 1. The Labute approximate surface area is 169 Å². The highest BCUT2D eigenvalue weighted by molar-refractivity contribution is 6.37. The van der Waals surface area contributed by atoms with Crippen molar-refractivity contribution in [3.05, 3.63) is 58.1 Å². The van der Waals surface area contributed by atoms with Gasteiger partial charge in [-0.25, -0.2) is 0 Å². The molecule has 3 rings (SSSR count). The lowest BCUT2D eigenvalue weighted by Gasteiger charge is -2.29. The second-order valence-corrected chi connectivity index (χ2v) is 7.07. The summed E-state index contributed by atoms with van der Waals surface area (Å²) in [6.07, 6.45) is 2.23. The molecule has 140 valence electrons. The summed E-state index contributed by atoms with van der Waals surface area (Å²) in [6.45, 7) is 2.08. The number of piperidine rings is 1. The van der Waals surface area contributed by atoms with E-state index in [0.717, 1.165) is 31.7 Å². The number of nitrogens with zero attached hydrogens (tertiary/aromatic N) is 1. The first-order chi connectivity index (χ1) is 12.0. The first-order valence-corrected chi connectivity index (χ1v) is 8.98. The van der Waals surface area contributed by atoms with Crippen molar-refractivity contribution in [2.75, 3.05) is 25.5 Å². The maximum Gasteiger partial charge on any atom is 0.257 e. The standard InChI is InChI=1S/C19H20Cl2N2O2.ClH/c1-23-9-7-15(8-10-23)25-16-4-2-3-14(12-16)22-19(24)17-6-5-13(20)11-18(17)21;/h2-6,11-12,15H,7-10H2,1H3,(H,22,24);1H. The van der Waals surface area contributed by atoms with Crippen LogP contribution in [0.2, 0.25) is 10.0 Å². The number of benzene rings is 2. The maximum absolute atomic E-state index is 12.4. The lowest BCUT2D eigenvalue weighted by Crippen LogP contribution is -2.35. The molecular weight excluding hydrogens is 395 g/mol. The van der Waals surface area contributed by atoms with Gasteiger partial charge in [0.05, 0.1) is 10.6 Å². The Balaban J connectivity index is 0.00000243. The topological polar surface area (TPSA) is 41.6 Å². The first-order valence-electron chi connectivity index (χ1n) is 8.23. The molecule has 0 bridgehead atoms. The molecular formula is C19H21Cl3N2O2. The highest BCUT2D eigenvalue weighted by Gasteiger charge is 2.18. The fourth-order valence-electron chi connectivity index (χ4n) is 2.81. The second kappa shape index (κ2) is 9.47. The first kappa shape index (κ1) is 20.8. The molecule has 0 spiro atoms. The molecule has 4 nitrogen and oxygen atoms in total. The third-order valence-corrected chi connectivity index (χ3v) is 4.78. The fourth-order valence-corrected chi connectivity index (χ4v) is 3.31. The lowest BCUT2D eigenvalue weighted by molar-refractivity contribution is 0.102. The van der Waals surface area contributed by atoms with Crippen LogP contribution in [0.1, 0.15) is 23.2 Å². The average Bonchev–Trinajstić information content (AvgIpc) is 2.57. The monoisotopic (exact) mass is 414 g/mol. The molecule has 26 heavy (non-hydrogen) atoms. The van der Waals surface area contributed by atoms with E-state index in [2.05, 4.69) is 17.3 Å². The molecule has 0 aliphatic carbocycles. The molecule has 0 aromatic heterocycles. The summed E-state index contributed by atoms with van der Waals surface area (Å²) in [6, 6.07) is 12.2. The van der Waals surface area contributed by atoms with Gasteiger partial charge in [-0.2, -0.15) is 0 Å². The van der Waals surface area contributed by atoms with Gasteiger partial charge >= 0.3 is 0 Å². The number of likely N-dealkylation sites (tertiary alicyclic amines) is 1. The van der Waals surface area contributed by atoms with Crippen LogP contribution in [-0.2, 0) is 0 Å². The van der Waals surface area contributed by atoms with Crippen molar-refractivity contribution >= 4 is 47.2 Å². The summed E-state index contributed by atoms with van der Waals surface area (Å²) in [5, 5.41) is 3.67. The van der Waals surface area contributed by atoms with Crippen LogP contribution in [-0.4, -0.2) is 37.0 Å². The molecule has 2 aromatic rings. The van der Waals surface area contributed by atoms with Crippen LogP contribution in [0.15, 0.2) is 42.5 Å². The van der Waals surface area contributed by atoms with Crippen LogP contribution in [0.3, 0.4) is 0 Å². The zero-order valence-electron chi connectivity index (χ0n) is 14.4. The number of rotatable bonds is 4. The number of hydrogen-bond donors (Lipinski definition) is 1. The number of nitrogens with one attached hydrogen (secondary N) is 1. The summed E-state index contributed by atoms with van der Waals surface area (Å²) >= 11 is 12.0. The third kappa shape index (κ3) is 5.52. The van der Waals surface area contributed by atoms with E-state index in [4.69, 9.17) is 27.9 Å². The lowest BCUT2D eigenvalue weighted by atomic mass is 10.1. The summed E-state index contributed by atoms with van der Waals surface area (Å²) < 4.78 is 6.05. The molecule has 7 heteroatoms. The molecule has 1 fully saturated rings. The minimum absolute atomic E-state index is 0. The summed E-state index contributed by atoms with van der Waals surface area (Å²) in [5.41, 5.74) is 1.05. The van der Waals surface area contributed by atoms with Crippen molar-refractivity contribution in [3.8, 4) is 5.75 Å².